The summed E-state index contributed by atoms with van der Waals surface area (Å²) in [7, 11) is 2.68. The molecular formula is C46H51O7P. The highest BCUT2D eigenvalue weighted by molar-refractivity contribution is 7.93. The Morgan fingerprint density at radius 3 is 1.19 bits per heavy atom. The molecular weight excluding hydrogens is 695 g/mol. The minimum Gasteiger partial charge on any atom is -0.486 e. The number of aryl methyl sites for hydroxylation is 2. The highest BCUT2D eigenvalue weighted by atomic mass is 31.2. The molecule has 0 N–H and O–H groups in total. The summed E-state index contributed by atoms with van der Waals surface area (Å²) in [6, 6.07) is 42.2. The lowest BCUT2D eigenvalue weighted by Gasteiger charge is -2.26. The first-order valence-electron chi connectivity index (χ1n) is 17.5. The first-order valence-corrected chi connectivity index (χ1v) is 19.5. The topological polar surface area (TPSA) is 88.1 Å². The zero-order chi connectivity index (χ0) is 39.8. The van der Waals surface area contributed by atoms with Crippen molar-refractivity contribution in [3.63, 3.8) is 0 Å². The molecule has 0 spiro atoms. The van der Waals surface area contributed by atoms with Crippen LogP contribution in [-0.4, -0.2) is 50.4 Å². The first kappa shape index (κ1) is 42.8. The minimum absolute atomic E-state index is 0.0622. The van der Waals surface area contributed by atoms with Crippen LogP contribution in [0.25, 0.3) is 0 Å². The molecule has 7 nitrogen and oxygen atoms in total. The second-order valence-electron chi connectivity index (χ2n) is 12.7. The number of ether oxygens (including phenoxy) is 4. The smallest absolute Gasteiger partial charge is 0.337 e. The zero-order valence-electron chi connectivity index (χ0n) is 32.5. The number of benzene rings is 5. The number of methoxy groups -OCH3 is 2. The van der Waals surface area contributed by atoms with E-state index in [0.29, 0.717) is 22.6 Å². The fourth-order valence-corrected chi connectivity index (χ4v) is 7.94. The van der Waals surface area contributed by atoms with Gasteiger partial charge in [-0.2, -0.15) is 0 Å². The maximum absolute atomic E-state index is 11.4. The number of Topliss-reactive ketones (excluding diaryl/α,β-unsaturated/α-hetero) is 1. The van der Waals surface area contributed by atoms with Crippen LogP contribution in [-0.2, 0) is 14.3 Å². The highest BCUT2D eigenvalue weighted by Gasteiger charge is 2.21. The molecule has 282 valence electrons. The van der Waals surface area contributed by atoms with Gasteiger partial charge in [-0.15, -0.1) is 0 Å². The molecule has 0 bridgehead atoms. The predicted molar refractivity (Wildman–Crippen MR) is 223 cm³/mol. The van der Waals surface area contributed by atoms with Gasteiger partial charge < -0.3 is 18.9 Å². The van der Waals surface area contributed by atoms with Crippen molar-refractivity contribution < 1.29 is 33.3 Å². The van der Waals surface area contributed by atoms with Crippen molar-refractivity contribution in [1.29, 1.82) is 0 Å². The molecule has 5 rings (SSSR count). The van der Waals surface area contributed by atoms with E-state index in [0.717, 1.165) is 16.7 Å². The van der Waals surface area contributed by atoms with Crippen molar-refractivity contribution in [2.75, 3.05) is 14.2 Å². The molecule has 0 heterocycles. The van der Waals surface area contributed by atoms with Crippen LogP contribution >= 0.6 is 6.89 Å². The Morgan fingerprint density at radius 2 is 0.889 bits per heavy atom. The quantitative estimate of drug-likeness (QED) is 0.0760. The molecule has 54 heavy (non-hydrogen) atoms. The molecule has 5 aromatic carbocycles. The zero-order valence-corrected chi connectivity index (χ0v) is 33.4. The Balaban J connectivity index is 0.000000219. The lowest BCUT2D eigenvalue weighted by molar-refractivity contribution is -0.122. The van der Waals surface area contributed by atoms with Crippen molar-refractivity contribution >= 4 is 46.8 Å². The maximum atomic E-state index is 11.4. The van der Waals surface area contributed by atoms with E-state index in [2.05, 4.69) is 107 Å². The van der Waals surface area contributed by atoms with E-state index in [1.807, 2.05) is 33.8 Å². The largest absolute Gasteiger partial charge is 0.486 e. The van der Waals surface area contributed by atoms with Gasteiger partial charge >= 0.3 is 11.9 Å². The molecule has 5 aromatic rings. The van der Waals surface area contributed by atoms with Gasteiger partial charge in [0.2, 0.25) is 0 Å². The summed E-state index contributed by atoms with van der Waals surface area (Å²) in [6.07, 6.45) is 4.08. The Hall–Kier alpha value is -5.65. The molecule has 0 aliphatic carbocycles. The average Bonchev–Trinajstić information content (AvgIpc) is 3.20. The Labute approximate surface area is 320 Å². The van der Waals surface area contributed by atoms with Gasteiger partial charge in [0.25, 0.3) is 0 Å². The Bertz CT molecular complexity index is 1870. The summed E-state index contributed by atoms with van der Waals surface area (Å²) in [6.45, 7) is 12.8. The summed E-state index contributed by atoms with van der Waals surface area (Å²) in [5.74, 6) is 0.357. The average molecular weight is 747 g/mol. The molecule has 8 heteroatoms. The van der Waals surface area contributed by atoms with E-state index in [-0.39, 0.29) is 17.9 Å². The number of hydrogen-bond acceptors (Lipinski definition) is 7. The Morgan fingerprint density at radius 1 is 0.556 bits per heavy atom. The molecule has 0 radical (unpaired) electrons. The summed E-state index contributed by atoms with van der Waals surface area (Å²) < 4.78 is 20.5. The lowest BCUT2D eigenvalue weighted by atomic mass is 10.1. The fourth-order valence-electron chi connectivity index (χ4n) is 5.00. The second-order valence-corrected chi connectivity index (χ2v) is 15.9. The maximum Gasteiger partial charge on any atom is 0.337 e. The van der Waals surface area contributed by atoms with Gasteiger partial charge in [0.05, 0.1) is 25.3 Å². The number of hydrogen-bond donors (Lipinski definition) is 0. The third-order valence-corrected chi connectivity index (χ3v) is 12.2. The summed E-state index contributed by atoms with van der Waals surface area (Å²) >= 11 is 0. The van der Waals surface area contributed by atoms with Crippen LogP contribution in [0.4, 0.5) is 0 Å². The van der Waals surface area contributed by atoms with Gasteiger partial charge in [0, 0.05) is 0 Å². The third-order valence-electron chi connectivity index (χ3n) is 8.68. The third kappa shape index (κ3) is 11.7. The van der Waals surface area contributed by atoms with Crippen LogP contribution in [0.1, 0.15) is 59.5 Å². The molecule has 0 fully saturated rings. The SMILES string of the molecule is C=C(C)C(C)Oc1cc(C(=O)OC)ccc1C.C=P(c1ccccc1)(c1ccccc1)c1ccccc1.COC(=O)c1ccc(C)c(OC(C)C(C)=O)c1. The van der Waals surface area contributed by atoms with Gasteiger partial charge in [0.15, 0.2) is 11.9 Å². The van der Waals surface area contributed by atoms with Gasteiger partial charge in [-0.1, -0.05) is 116 Å². The van der Waals surface area contributed by atoms with Crippen molar-refractivity contribution in [3.05, 3.63) is 162 Å². The van der Waals surface area contributed by atoms with Crippen LogP contribution in [0.3, 0.4) is 0 Å². The van der Waals surface area contributed by atoms with Crippen molar-refractivity contribution in [1.82, 2.24) is 0 Å². The molecule has 2 unspecified atom stereocenters. The normalized spacial score (nSPS) is 11.6. The van der Waals surface area contributed by atoms with Crippen molar-refractivity contribution in [2.24, 2.45) is 0 Å². The van der Waals surface area contributed by atoms with Crippen molar-refractivity contribution in [3.8, 4) is 11.5 Å². The van der Waals surface area contributed by atoms with E-state index in [1.54, 1.807) is 37.3 Å². The van der Waals surface area contributed by atoms with Crippen molar-refractivity contribution in [2.45, 2.75) is 53.8 Å². The highest BCUT2D eigenvalue weighted by Crippen LogP contribution is 2.41. The van der Waals surface area contributed by atoms with E-state index in [4.69, 9.17) is 15.8 Å². The lowest BCUT2D eigenvalue weighted by Crippen LogP contribution is -2.25. The molecule has 0 aliphatic heterocycles. The van der Waals surface area contributed by atoms with E-state index in [9.17, 15) is 14.4 Å². The second kappa shape index (κ2) is 20.6. The standard InChI is InChI=1S/C19H17P.C14H18O3.C13H16O4/c1-20(17-11-5-2-6-12-17,18-13-7-3-8-14-18)19-15-9-4-10-16-19;1-9(2)11(4)17-13-8-12(14(15)16-5)7-6-10(13)3;1-8-5-6-11(13(15)16-4)7-12(8)17-10(3)9(2)14/h2-16H,1H2;6-8,11H,1H2,2-5H3;5-7,10H,1-4H3. The van der Waals surface area contributed by atoms with Gasteiger partial charge in [-0.25, -0.2) is 9.59 Å². The monoisotopic (exact) mass is 746 g/mol. The molecule has 0 aliphatic rings. The summed E-state index contributed by atoms with van der Waals surface area (Å²) in [4.78, 5) is 33.9. The molecule has 2 atom stereocenters. The fraction of sp³-hybridized carbons (Fsp3) is 0.217. The Kier molecular flexibility index (Phi) is 16.3. The van der Waals surface area contributed by atoms with E-state index in [1.165, 1.54) is 37.1 Å². The summed E-state index contributed by atoms with van der Waals surface area (Å²) in [5.41, 5.74) is 3.68. The van der Waals surface area contributed by atoms with E-state index < -0.39 is 19.0 Å². The number of ketones is 1. The molecule has 0 amide bonds. The number of esters is 2. The van der Waals surface area contributed by atoms with Crippen LogP contribution in [0, 0.1) is 13.8 Å². The molecule has 0 saturated carbocycles. The van der Waals surface area contributed by atoms with Gasteiger partial charge in [-0.3, -0.25) is 4.79 Å². The van der Waals surface area contributed by atoms with E-state index >= 15 is 0 Å². The molecule has 0 aromatic heterocycles. The number of rotatable bonds is 11. The van der Waals surface area contributed by atoms with Crippen LogP contribution in [0.15, 0.2) is 140 Å². The first-order chi connectivity index (χ1) is 25.7. The predicted octanol–water partition coefficient (Wildman–Crippen LogP) is 8.68. The minimum atomic E-state index is -1.78. The van der Waals surface area contributed by atoms with Crippen LogP contribution in [0.2, 0.25) is 0 Å². The number of carbonyl (C=O) groups is 3. The number of carbonyl (C=O) groups excluding carboxylic acids is 3. The van der Waals surface area contributed by atoms with Gasteiger partial charge in [-0.05, 0) is 105 Å². The van der Waals surface area contributed by atoms with Crippen LogP contribution < -0.4 is 25.4 Å². The summed E-state index contributed by atoms with van der Waals surface area (Å²) in [5, 5.41) is 3.95. The molecule has 0 saturated heterocycles. The van der Waals surface area contributed by atoms with Crippen LogP contribution in [0.5, 0.6) is 11.5 Å². The van der Waals surface area contributed by atoms with Gasteiger partial charge in [0.1, 0.15) is 17.6 Å².